The summed E-state index contributed by atoms with van der Waals surface area (Å²) in [5, 5.41) is 8.02. The molecule has 0 N–H and O–H groups in total. The van der Waals surface area contributed by atoms with E-state index in [-0.39, 0.29) is 0 Å². The van der Waals surface area contributed by atoms with Gasteiger partial charge in [-0.3, -0.25) is 0 Å². The van der Waals surface area contributed by atoms with Crippen LogP contribution in [0.1, 0.15) is 5.56 Å². The zero-order chi connectivity index (χ0) is 38.4. The van der Waals surface area contributed by atoms with E-state index in [9.17, 15) is 0 Å². The molecule has 4 heteroatoms. The molecule has 0 bridgehead atoms. The topological polar surface area (TPSA) is 12.5 Å². The quantitative estimate of drug-likeness (QED) is 0.129. The number of anilines is 3. The zero-order valence-electron chi connectivity index (χ0n) is 32.0. The van der Waals surface area contributed by atoms with Crippen LogP contribution in [0.3, 0.4) is 0 Å². The lowest BCUT2D eigenvalue weighted by atomic mass is 9.88. The smallest absolute Gasteiger partial charge is 0.152 e. The van der Waals surface area contributed by atoms with Gasteiger partial charge in [-0.15, -0.1) is 0 Å². The largest absolute Gasteiger partial charge is 0.453 e. The van der Waals surface area contributed by atoms with Gasteiger partial charge in [0.05, 0.1) is 11.4 Å². The van der Waals surface area contributed by atoms with Crippen molar-refractivity contribution >= 4 is 79.6 Å². The maximum atomic E-state index is 7.07. The molecule has 2 aliphatic rings. The Morgan fingerprint density at radius 1 is 0.456 bits per heavy atom. The van der Waals surface area contributed by atoms with Crippen molar-refractivity contribution in [1.29, 1.82) is 0 Å². The number of benzene rings is 9. The molecule has 57 heavy (non-hydrogen) atoms. The standard InChI is InChI=1S/C53H38INOSi/c1-33-27-41(34-17-7-4-8-18-34)37-23-13-15-25-39(37)52(33)43-28-46-48(31-45(43)54)56-49-32-50-44(29-47(49)55(46)36-21-11-6-12-22-36)53-40-26-16-14-24-38(40)42(30-51(53)57(50,2)3)35-19-9-5-10-20-35/h4-32H,1-3H3. The predicted molar refractivity (Wildman–Crippen MR) is 252 cm³/mol. The second-order valence-electron chi connectivity index (χ2n) is 15.8. The zero-order valence-corrected chi connectivity index (χ0v) is 35.1. The Labute approximate surface area is 348 Å². The van der Waals surface area contributed by atoms with Crippen LogP contribution in [0.2, 0.25) is 13.1 Å². The molecule has 0 saturated carbocycles. The number of nitrogens with zero attached hydrogens (tertiary/aromatic N) is 1. The summed E-state index contributed by atoms with van der Waals surface area (Å²) in [5.74, 6) is 1.78. The molecule has 9 aromatic rings. The van der Waals surface area contributed by atoms with Crippen molar-refractivity contribution in [1.82, 2.24) is 0 Å². The molecule has 0 aromatic heterocycles. The molecular formula is C53H38INOSi. The number of fused-ring (bicyclic) bond motifs is 8. The van der Waals surface area contributed by atoms with Crippen molar-refractivity contribution in [3.8, 4) is 56.0 Å². The van der Waals surface area contributed by atoms with Crippen LogP contribution in [0.15, 0.2) is 176 Å². The van der Waals surface area contributed by atoms with Crippen molar-refractivity contribution in [2.45, 2.75) is 20.0 Å². The van der Waals surface area contributed by atoms with E-state index in [4.69, 9.17) is 4.74 Å². The van der Waals surface area contributed by atoms with E-state index in [0.717, 1.165) is 32.1 Å². The van der Waals surface area contributed by atoms with E-state index < -0.39 is 8.07 Å². The molecule has 0 radical (unpaired) electrons. The average molecular weight is 860 g/mol. The minimum Gasteiger partial charge on any atom is -0.453 e. The van der Waals surface area contributed by atoms with E-state index in [1.54, 1.807) is 0 Å². The highest BCUT2D eigenvalue weighted by Gasteiger charge is 2.41. The summed E-state index contributed by atoms with van der Waals surface area (Å²) in [6.07, 6.45) is 0. The number of ether oxygens (including phenoxy) is 1. The van der Waals surface area contributed by atoms with E-state index >= 15 is 0 Å². The number of hydrogen-bond acceptors (Lipinski definition) is 2. The Balaban J connectivity index is 1.14. The predicted octanol–water partition coefficient (Wildman–Crippen LogP) is 14.3. The van der Waals surface area contributed by atoms with Crippen LogP contribution in [0, 0.1) is 10.5 Å². The number of aryl methyl sites for hydroxylation is 1. The van der Waals surface area contributed by atoms with Gasteiger partial charge in [-0.05, 0) is 148 Å². The van der Waals surface area contributed by atoms with E-state index in [1.807, 2.05) is 0 Å². The first-order chi connectivity index (χ1) is 27.9. The first kappa shape index (κ1) is 34.3. The lowest BCUT2D eigenvalue weighted by Gasteiger charge is -2.35. The van der Waals surface area contributed by atoms with Gasteiger partial charge in [0.2, 0.25) is 0 Å². The second-order valence-corrected chi connectivity index (χ2v) is 21.3. The molecule has 2 nitrogen and oxygen atoms in total. The van der Waals surface area contributed by atoms with Crippen molar-refractivity contribution in [2.75, 3.05) is 4.90 Å². The van der Waals surface area contributed by atoms with Gasteiger partial charge in [0.1, 0.15) is 8.07 Å². The average Bonchev–Trinajstić information content (AvgIpc) is 3.47. The van der Waals surface area contributed by atoms with Crippen LogP contribution >= 0.6 is 22.6 Å². The van der Waals surface area contributed by atoms with E-state index in [2.05, 4.69) is 223 Å². The third-order valence-corrected chi connectivity index (χ3v) is 16.6. The molecule has 0 atom stereocenters. The fourth-order valence-corrected chi connectivity index (χ4v) is 13.3. The summed E-state index contributed by atoms with van der Waals surface area (Å²) in [4.78, 5) is 2.43. The third-order valence-electron chi connectivity index (χ3n) is 12.2. The van der Waals surface area contributed by atoms with Gasteiger partial charge >= 0.3 is 0 Å². The normalized spacial score (nSPS) is 13.5. The third kappa shape index (κ3) is 5.27. The fourth-order valence-electron chi connectivity index (χ4n) is 9.53. The molecule has 9 aromatic carbocycles. The van der Waals surface area contributed by atoms with E-state index in [1.165, 1.54) is 82.0 Å². The molecule has 0 aliphatic carbocycles. The molecule has 0 unspecified atom stereocenters. The molecule has 0 spiro atoms. The van der Waals surface area contributed by atoms with Gasteiger partial charge in [0.25, 0.3) is 0 Å². The van der Waals surface area contributed by atoms with Gasteiger partial charge in [-0.1, -0.05) is 153 Å². The summed E-state index contributed by atoms with van der Waals surface area (Å²) in [7, 11) is -2.14. The monoisotopic (exact) mass is 859 g/mol. The molecule has 0 fully saturated rings. The van der Waals surface area contributed by atoms with Gasteiger partial charge in [0.15, 0.2) is 11.5 Å². The van der Waals surface area contributed by atoms with Crippen molar-refractivity contribution in [3.63, 3.8) is 0 Å². The summed E-state index contributed by atoms with van der Waals surface area (Å²) >= 11 is 2.52. The molecule has 0 saturated heterocycles. The highest BCUT2D eigenvalue weighted by Crippen LogP contribution is 2.55. The molecule has 272 valence electrons. The van der Waals surface area contributed by atoms with Gasteiger partial charge in [0, 0.05) is 9.26 Å². The van der Waals surface area contributed by atoms with Crippen LogP contribution in [0.4, 0.5) is 17.1 Å². The van der Waals surface area contributed by atoms with Crippen LogP contribution < -0.4 is 20.0 Å². The fraction of sp³-hybridized carbons (Fsp3) is 0.0566. The first-order valence-corrected chi connectivity index (χ1v) is 23.7. The second kappa shape index (κ2) is 13.1. The number of rotatable bonds is 4. The molecule has 2 heterocycles. The molecule has 11 rings (SSSR count). The SMILES string of the molecule is Cc1cc(-c2ccccc2)c2ccccc2c1-c1cc2c(cc1I)Oc1cc3c(cc1N2c1ccccc1)-c1c(cc(-c2ccccc2)c2ccccc12)[Si]3(C)C. The molecule has 2 aliphatic heterocycles. The summed E-state index contributed by atoms with van der Waals surface area (Å²) < 4.78 is 8.23. The van der Waals surface area contributed by atoms with Crippen LogP contribution in [-0.2, 0) is 0 Å². The Morgan fingerprint density at radius 2 is 0.947 bits per heavy atom. The van der Waals surface area contributed by atoms with E-state index in [0.29, 0.717) is 0 Å². The Morgan fingerprint density at radius 3 is 1.56 bits per heavy atom. The maximum absolute atomic E-state index is 7.07. The molecule has 0 amide bonds. The van der Waals surface area contributed by atoms with Crippen LogP contribution in [0.5, 0.6) is 11.5 Å². The van der Waals surface area contributed by atoms with Crippen LogP contribution in [0.25, 0.3) is 66.1 Å². The Kier molecular flexibility index (Phi) is 7.86. The summed E-state index contributed by atoms with van der Waals surface area (Å²) in [6, 6.07) is 64.5. The number of hydrogen-bond donors (Lipinski definition) is 0. The lowest BCUT2D eigenvalue weighted by Crippen LogP contribution is -2.49. The van der Waals surface area contributed by atoms with Crippen LogP contribution in [-0.4, -0.2) is 8.07 Å². The summed E-state index contributed by atoms with van der Waals surface area (Å²) in [6.45, 7) is 7.26. The van der Waals surface area contributed by atoms with Crippen molar-refractivity contribution in [3.05, 3.63) is 185 Å². The first-order valence-electron chi connectivity index (χ1n) is 19.6. The van der Waals surface area contributed by atoms with Crippen molar-refractivity contribution in [2.24, 2.45) is 0 Å². The van der Waals surface area contributed by atoms with Crippen molar-refractivity contribution < 1.29 is 4.74 Å². The highest BCUT2D eigenvalue weighted by atomic mass is 127. The minimum atomic E-state index is -2.14. The Hall–Kier alpha value is -5.95. The molecular weight excluding hydrogens is 822 g/mol. The van der Waals surface area contributed by atoms with Gasteiger partial charge in [-0.2, -0.15) is 0 Å². The van der Waals surface area contributed by atoms with Gasteiger partial charge < -0.3 is 9.64 Å². The number of para-hydroxylation sites is 1. The Bertz CT molecular complexity index is 3090. The number of halogens is 1. The maximum Gasteiger partial charge on any atom is 0.152 e. The summed E-state index contributed by atoms with van der Waals surface area (Å²) in [5.41, 5.74) is 14.7. The lowest BCUT2D eigenvalue weighted by molar-refractivity contribution is 0.477. The van der Waals surface area contributed by atoms with Gasteiger partial charge in [-0.25, -0.2) is 0 Å². The minimum absolute atomic E-state index is 0.870. The highest BCUT2D eigenvalue weighted by molar-refractivity contribution is 14.1.